The van der Waals surface area contributed by atoms with Crippen molar-refractivity contribution in [3.05, 3.63) is 23.5 Å². The zero-order valence-corrected chi connectivity index (χ0v) is 7.13. The van der Waals surface area contributed by atoms with E-state index in [4.69, 9.17) is 0 Å². The van der Waals surface area contributed by atoms with E-state index in [1.54, 1.807) is 10.9 Å². The average Bonchev–Trinajstić information content (AvgIpc) is 2.53. The van der Waals surface area contributed by atoms with Crippen LogP contribution >= 0.6 is 11.3 Å². The molecule has 64 valence electrons. The van der Waals surface area contributed by atoms with Crippen LogP contribution in [0.3, 0.4) is 0 Å². The third-order valence-electron chi connectivity index (χ3n) is 0.995. The molecule has 1 N–H and O–H groups in total. The van der Waals surface area contributed by atoms with Crippen LogP contribution < -0.4 is 5.32 Å². The zero-order valence-electron chi connectivity index (χ0n) is 6.32. The van der Waals surface area contributed by atoms with Crippen molar-refractivity contribution in [3.8, 4) is 0 Å². The zero-order chi connectivity index (χ0) is 8.81. The molecular formula is C7H8N2O2S. The molecule has 5 heteroatoms. The van der Waals surface area contributed by atoms with E-state index < -0.39 is 6.09 Å². The van der Waals surface area contributed by atoms with Gasteiger partial charge in [-0.25, -0.2) is 9.78 Å². The van der Waals surface area contributed by atoms with Crippen molar-refractivity contribution >= 4 is 23.2 Å². The van der Waals surface area contributed by atoms with E-state index in [1.807, 2.05) is 0 Å². The third-order valence-corrected chi connectivity index (χ3v) is 1.58. The van der Waals surface area contributed by atoms with Crippen molar-refractivity contribution in [2.45, 2.75) is 0 Å². The maximum atomic E-state index is 10.9. The first kappa shape index (κ1) is 8.73. The van der Waals surface area contributed by atoms with Crippen LogP contribution in [-0.2, 0) is 4.74 Å². The van der Waals surface area contributed by atoms with Gasteiger partial charge in [0.25, 0.3) is 0 Å². The van der Waals surface area contributed by atoms with Gasteiger partial charge < -0.3 is 4.74 Å². The van der Waals surface area contributed by atoms with E-state index in [0.717, 1.165) is 0 Å². The number of nitrogens with zero attached hydrogens (tertiary/aromatic N) is 1. The van der Waals surface area contributed by atoms with E-state index in [-0.39, 0.29) is 6.61 Å². The summed E-state index contributed by atoms with van der Waals surface area (Å²) in [4.78, 5) is 14.7. The van der Waals surface area contributed by atoms with Gasteiger partial charge in [0.1, 0.15) is 12.4 Å². The first-order valence-corrected chi connectivity index (χ1v) is 4.20. The van der Waals surface area contributed by atoms with Crippen molar-refractivity contribution in [1.29, 1.82) is 0 Å². The highest BCUT2D eigenvalue weighted by Gasteiger charge is 2.01. The van der Waals surface area contributed by atoms with Gasteiger partial charge in [-0.15, -0.1) is 11.3 Å². The summed E-state index contributed by atoms with van der Waals surface area (Å²) in [7, 11) is 0. The number of amides is 1. The maximum Gasteiger partial charge on any atom is 0.413 e. The molecular weight excluding hydrogens is 176 g/mol. The second kappa shape index (κ2) is 4.50. The molecule has 1 rings (SSSR count). The number of thiazole rings is 1. The molecule has 0 saturated heterocycles. The van der Waals surface area contributed by atoms with Gasteiger partial charge in [0, 0.05) is 5.38 Å². The number of carbonyl (C=O) groups is 1. The molecule has 1 amide bonds. The Kier molecular flexibility index (Phi) is 3.28. The maximum absolute atomic E-state index is 10.9. The van der Waals surface area contributed by atoms with Crippen LogP contribution in [0.15, 0.2) is 23.5 Å². The van der Waals surface area contributed by atoms with Crippen LogP contribution in [0.2, 0.25) is 0 Å². The van der Waals surface area contributed by atoms with Gasteiger partial charge in [0.2, 0.25) is 0 Å². The highest BCUT2D eigenvalue weighted by atomic mass is 32.1. The summed E-state index contributed by atoms with van der Waals surface area (Å²) in [5.74, 6) is 0.508. The normalized spacial score (nSPS) is 9.00. The number of hydrogen-bond acceptors (Lipinski definition) is 4. The smallest absolute Gasteiger partial charge is 0.413 e. The second-order valence-electron chi connectivity index (χ2n) is 1.89. The van der Waals surface area contributed by atoms with Crippen LogP contribution in [0.5, 0.6) is 0 Å². The quantitative estimate of drug-likeness (QED) is 0.729. The van der Waals surface area contributed by atoms with E-state index in [1.165, 1.54) is 17.4 Å². The second-order valence-corrected chi connectivity index (χ2v) is 2.60. The molecule has 0 saturated carbocycles. The molecule has 0 aliphatic heterocycles. The predicted octanol–water partition coefficient (Wildman–Crippen LogP) is 1.88. The van der Waals surface area contributed by atoms with Crippen LogP contribution in [-0.4, -0.2) is 17.7 Å². The number of nitrogens with one attached hydrogen (secondary N) is 1. The summed E-state index contributed by atoms with van der Waals surface area (Å²) in [6, 6.07) is 0. The van der Waals surface area contributed by atoms with Crippen molar-refractivity contribution < 1.29 is 9.53 Å². The van der Waals surface area contributed by atoms with Crippen molar-refractivity contribution in [2.24, 2.45) is 0 Å². The SMILES string of the molecule is C=CCOC(=O)Nc1cscn1. The molecule has 0 radical (unpaired) electrons. The molecule has 4 nitrogen and oxygen atoms in total. The van der Waals surface area contributed by atoms with Gasteiger partial charge in [0.15, 0.2) is 0 Å². The molecule has 0 unspecified atom stereocenters. The van der Waals surface area contributed by atoms with Gasteiger partial charge in [0.05, 0.1) is 5.51 Å². The fourth-order valence-corrected chi connectivity index (χ4v) is 1.03. The summed E-state index contributed by atoms with van der Waals surface area (Å²) in [6.07, 6.45) is 0.987. The first-order chi connectivity index (χ1) is 5.83. The Balaban J connectivity index is 2.32. The average molecular weight is 184 g/mol. The third kappa shape index (κ3) is 2.71. The standard InChI is InChI=1S/C7H8N2O2S/c1-2-3-11-7(10)9-6-4-12-5-8-6/h2,4-5H,1,3H2,(H,9,10). The van der Waals surface area contributed by atoms with E-state index in [0.29, 0.717) is 5.82 Å². The number of anilines is 1. The van der Waals surface area contributed by atoms with Crippen molar-refractivity contribution in [3.63, 3.8) is 0 Å². The minimum atomic E-state index is -0.513. The number of hydrogen-bond donors (Lipinski definition) is 1. The van der Waals surface area contributed by atoms with E-state index in [2.05, 4.69) is 21.6 Å². The first-order valence-electron chi connectivity index (χ1n) is 3.26. The molecule has 0 aliphatic carbocycles. The Morgan fingerprint density at radius 3 is 3.33 bits per heavy atom. The molecule has 0 fully saturated rings. The highest BCUT2D eigenvalue weighted by molar-refractivity contribution is 7.07. The molecule has 1 aromatic rings. The number of aromatic nitrogens is 1. The number of rotatable bonds is 3. The summed E-state index contributed by atoms with van der Waals surface area (Å²) in [5.41, 5.74) is 1.63. The van der Waals surface area contributed by atoms with Gasteiger partial charge in [-0.2, -0.15) is 0 Å². The molecule has 1 aromatic heterocycles. The summed E-state index contributed by atoms with van der Waals surface area (Å²) in [5, 5.41) is 4.16. The van der Waals surface area contributed by atoms with Crippen LogP contribution in [0, 0.1) is 0 Å². The minimum Gasteiger partial charge on any atom is -0.445 e. The Hall–Kier alpha value is -1.36. The molecule has 0 atom stereocenters. The minimum absolute atomic E-state index is 0.204. The van der Waals surface area contributed by atoms with Crippen LogP contribution in [0.1, 0.15) is 0 Å². The van der Waals surface area contributed by atoms with Crippen molar-refractivity contribution in [1.82, 2.24) is 4.98 Å². The lowest BCUT2D eigenvalue weighted by Gasteiger charge is -2.00. The van der Waals surface area contributed by atoms with E-state index >= 15 is 0 Å². The largest absolute Gasteiger partial charge is 0.445 e. The monoisotopic (exact) mass is 184 g/mol. The van der Waals surface area contributed by atoms with Crippen molar-refractivity contribution in [2.75, 3.05) is 11.9 Å². The molecule has 1 heterocycles. The molecule has 0 spiro atoms. The number of ether oxygens (including phenoxy) is 1. The highest BCUT2D eigenvalue weighted by Crippen LogP contribution is 2.06. The van der Waals surface area contributed by atoms with Gasteiger partial charge in [-0.05, 0) is 0 Å². The topological polar surface area (TPSA) is 51.2 Å². The fraction of sp³-hybridized carbons (Fsp3) is 0.143. The fourth-order valence-electron chi connectivity index (χ4n) is 0.550. The van der Waals surface area contributed by atoms with Crippen LogP contribution in [0.25, 0.3) is 0 Å². The Morgan fingerprint density at radius 2 is 2.75 bits per heavy atom. The van der Waals surface area contributed by atoms with Crippen LogP contribution in [0.4, 0.5) is 10.6 Å². The lowest BCUT2D eigenvalue weighted by molar-refractivity contribution is 0.174. The molecule has 12 heavy (non-hydrogen) atoms. The Morgan fingerprint density at radius 1 is 1.92 bits per heavy atom. The lowest BCUT2D eigenvalue weighted by Crippen LogP contribution is -2.13. The summed E-state index contributed by atoms with van der Waals surface area (Å²) >= 11 is 1.40. The molecule has 0 bridgehead atoms. The summed E-state index contributed by atoms with van der Waals surface area (Å²) in [6.45, 7) is 3.62. The van der Waals surface area contributed by atoms with E-state index in [9.17, 15) is 4.79 Å². The Bertz CT molecular complexity index is 258. The predicted molar refractivity (Wildman–Crippen MR) is 47.3 cm³/mol. The number of carbonyl (C=O) groups excluding carboxylic acids is 1. The Labute approximate surface area is 73.9 Å². The summed E-state index contributed by atoms with van der Waals surface area (Å²) < 4.78 is 4.66. The molecule has 0 aromatic carbocycles. The molecule has 0 aliphatic rings. The van der Waals surface area contributed by atoms with Gasteiger partial charge in [-0.1, -0.05) is 12.7 Å². The lowest BCUT2D eigenvalue weighted by atomic mass is 10.7. The van der Waals surface area contributed by atoms with Gasteiger partial charge >= 0.3 is 6.09 Å². The van der Waals surface area contributed by atoms with Gasteiger partial charge in [-0.3, -0.25) is 5.32 Å².